The van der Waals surface area contributed by atoms with Gasteiger partial charge in [0.25, 0.3) is 5.91 Å². The van der Waals surface area contributed by atoms with Gasteiger partial charge < -0.3 is 20.9 Å². The largest absolute Gasteiger partial charge is 0.477 e. The summed E-state index contributed by atoms with van der Waals surface area (Å²) in [5.41, 5.74) is 7.51. The van der Waals surface area contributed by atoms with Crippen LogP contribution in [-0.2, 0) is 11.3 Å². The van der Waals surface area contributed by atoms with Gasteiger partial charge in [-0.1, -0.05) is 12.1 Å². The van der Waals surface area contributed by atoms with Crippen molar-refractivity contribution >= 4 is 29.2 Å². The van der Waals surface area contributed by atoms with Gasteiger partial charge in [0.05, 0.1) is 11.3 Å². The number of aromatic carboxylic acids is 1. The van der Waals surface area contributed by atoms with Crippen LogP contribution in [0.25, 0.3) is 5.65 Å². The van der Waals surface area contributed by atoms with E-state index in [1.165, 1.54) is 22.7 Å². The summed E-state index contributed by atoms with van der Waals surface area (Å²) in [6.07, 6.45) is 1.43. The van der Waals surface area contributed by atoms with E-state index in [9.17, 15) is 19.5 Å². The van der Waals surface area contributed by atoms with E-state index >= 15 is 0 Å². The van der Waals surface area contributed by atoms with Crippen LogP contribution in [0.1, 0.15) is 63.2 Å². The molecule has 3 aromatic rings. The lowest BCUT2D eigenvalue weighted by atomic mass is 10.0. The Labute approximate surface area is 178 Å². The molecule has 2 aromatic heterocycles. The molecule has 162 valence electrons. The van der Waals surface area contributed by atoms with Crippen LogP contribution in [0.15, 0.2) is 36.5 Å². The molecule has 0 aliphatic carbocycles. The first-order valence-electron chi connectivity index (χ1n) is 9.57. The number of esters is 1. The zero-order chi connectivity index (χ0) is 22.9. The second-order valence-electron chi connectivity index (χ2n) is 8.17. The molecule has 1 aromatic carbocycles. The number of carboxylic acid groups (broad SMARTS) is 1. The van der Waals surface area contributed by atoms with Crippen LogP contribution in [0.3, 0.4) is 0 Å². The molecule has 0 fully saturated rings. The number of carbonyl (C=O) groups excluding carboxylic acids is 2. The summed E-state index contributed by atoms with van der Waals surface area (Å²) in [4.78, 5) is 40.6. The van der Waals surface area contributed by atoms with Crippen molar-refractivity contribution in [1.82, 2.24) is 14.7 Å². The molecule has 3 rings (SSSR count). The molecule has 0 saturated carbocycles. The van der Waals surface area contributed by atoms with Gasteiger partial charge in [-0.05, 0) is 44.9 Å². The predicted molar refractivity (Wildman–Crippen MR) is 114 cm³/mol. The van der Waals surface area contributed by atoms with Gasteiger partial charge in [0, 0.05) is 24.9 Å². The van der Waals surface area contributed by atoms with Crippen molar-refractivity contribution in [2.24, 2.45) is 0 Å². The van der Waals surface area contributed by atoms with Crippen LogP contribution < -0.4 is 11.1 Å². The number of rotatable bonds is 5. The fraction of sp³-hybridized carbons (Fsp3) is 0.273. The van der Waals surface area contributed by atoms with E-state index in [4.69, 9.17) is 10.5 Å². The highest BCUT2D eigenvalue weighted by Gasteiger charge is 2.20. The third-order valence-corrected chi connectivity index (χ3v) is 4.40. The molecule has 1 amide bonds. The number of nitrogens with zero attached hydrogens (tertiary/aromatic N) is 2. The molecular formula is C22H24N4O5. The number of amides is 1. The summed E-state index contributed by atoms with van der Waals surface area (Å²) in [6.45, 7) is 7.36. The molecule has 0 bridgehead atoms. The highest BCUT2D eigenvalue weighted by atomic mass is 16.6. The normalized spacial score (nSPS) is 11.4. The summed E-state index contributed by atoms with van der Waals surface area (Å²) in [7, 11) is 0. The van der Waals surface area contributed by atoms with Crippen LogP contribution >= 0.6 is 0 Å². The number of nitrogen functional groups attached to an aromatic ring is 1. The lowest BCUT2D eigenvalue weighted by Gasteiger charge is -2.20. The minimum absolute atomic E-state index is 0.0369. The minimum Gasteiger partial charge on any atom is -0.477 e. The molecule has 0 radical (unpaired) electrons. The van der Waals surface area contributed by atoms with Crippen molar-refractivity contribution in [2.45, 2.75) is 39.8 Å². The third kappa shape index (κ3) is 5.00. The van der Waals surface area contributed by atoms with Crippen LogP contribution in [0, 0.1) is 6.92 Å². The van der Waals surface area contributed by atoms with E-state index in [-0.39, 0.29) is 23.6 Å². The fourth-order valence-electron chi connectivity index (χ4n) is 3.06. The van der Waals surface area contributed by atoms with Gasteiger partial charge in [0.15, 0.2) is 0 Å². The maximum atomic E-state index is 12.6. The Morgan fingerprint density at radius 1 is 1.19 bits per heavy atom. The molecule has 31 heavy (non-hydrogen) atoms. The molecule has 0 unspecified atom stereocenters. The Morgan fingerprint density at radius 3 is 2.52 bits per heavy atom. The minimum atomic E-state index is -1.20. The molecule has 4 N–H and O–H groups in total. The SMILES string of the molecule is Cc1cc(CNC(=O)c2cc(C(=O)O)n3cc(N)cc3n2)ccc1C(=O)OC(C)(C)C. The fourth-order valence-corrected chi connectivity index (χ4v) is 3.06. The van der Waals surface area contributed by atoms with Gasteiger partial charge in [-0.15, -0.1) is 0 Å². The van der Waals surface area contributed by atoms with E-state index in [0.717, 1.165) is 11.1 Å². The number of fused-ring (bicyclic) bond motifs is 1. The molecule has 0 saturated heterocycles. The maximum absolute atomic E-state index is 12.6. The second-order valence-corrected chi connectivity index (χ2v) is 8.17. The Balaban J connectivity index is 1.76. The first-order valence-corrected chi connectivity index (χ1v) is 9.57. The average Bonchev–Trinajstić information content (AvgIpc) is 3.03. The number of aromatic nitrogens is 2. The molecule has 9 nitrogen and oxygen atoms in total. The Hall–Kier alpha value is -3.88. The number of hydrogen-bond donors (Lipinski definition) is 3. The number of nitrogens with one attached hydrogen (secondary N) is 1. The number of nitrogens with two attached hydrogens (primary N) is 1. The van der Waals surface area contributed by atoms with Crippen LogP contribution in [0.5, 0.6) is 0 Å². The summed E-state index contributed by atoms with van der Waals surface area (Å²) in [6, 6.07) is 7.84. The zero-order valence-corrected chi connectivity index (χ0v) is 17.7. The van der Waals surface area contributed by atoms with Gasteiger partial charge >= 0.3 is 11.9 Å². The monoisotopic (exact) mass is 424 g/mol. The summed E-state index contributed by atoms with van der Waals surface area (Å²) < 4.78 is 6.70. The number of ether oxygens (including phenoxy) is 1. The highest BCUT2D eigenvalue weighted by molar-refractivity contribution is 5.96. The standard InChI is InChI=1S/C22H24N4O5/c1-12-7-13(5-6-15(12)21(30)31-22(2,3)4)10-24-19(27)16-9-17(20(28)29)26-11-14(23)8-18(26)25-16/h5-9,11H,10,23H2,1-4H3,(H,24,27)(H,28,29). The maximum Gasteiger partial charge on any atom is 0.352 e. The number of carboxylic acids is 1. The van der Waals surface area contributed by atoms with Crippen molar-refractivity contribution in [2.75, 3.05) is 5.73 Å². The van der Waals surface area contributed by atoms with Crippen LogP contribution in [0.4, 0.5) is 5.69 Å². The highest BCUT2D eigenvalue weighted by Crippen LogP contribution is 2.17. The zero-order valence-electron chi connectivity index (χ0n) is 17.7. The van der Waals surface area contributed by atoms with Crippen LogP contribution in [-0.4, -0.2) is 37.9 Å². The third-order valence-electron chi connectivity index (χ3n) is 4.40. The first kappa shape index (κ1) is 21.8. The van der Waals surface area contributed by atoms with Crippen molar-refractivity contribution in [3.8, 4) is 0 Å². The van der Waals surface area contributed by atoms with Gasteiger partial charge in [0.2, 0.25) is 0 Å². The average molecular weight is 424 g/mol. The summed E-state index contributed by atoms with van der Waals surface area (Å²) in [5.74, 6) is -2.14. The lowest BCUT2D eigenvalue weighted by molar-refractivity contribution is 0.00684. The number of aryl methyl sites for hydroxylation is 1. The Bertz CT molecular complexity index is 1190. The van der Waals surface area contributed by atoms with E-state index < -0.39 is 23.4 Å². The van der Waals surface area contributed by atoms with Crippen molar-refractivity contribution < 1.29 is 24.2 Å². The van der Waals surface area contributed by atoms with Crippen LogP contribution in [0.2, 0.25) is 0 Å². The number of anilines is 1. The molecule has 2 heterocycles. The number of hydrogen-bond acceptors (Lipinski definition) is 6. The van der Waals surface area contributed by atoms with Gasteiger partial charge in [-0.2, -0.15) is 0 Å². The molecular weight excluding hydrogens is 400 g/mol. The smallest absolute Gasteiger partial charge is 0.352 e. The Morgan fingerprint density at radius 2 is 1.90 bits per heavy atom. The summed E-state index contributed by atoms with van der Waals surface area (Å²) in [5, 5.41) is 12.1. The lowest BCUT2D eigenvalue weighted by Crippen LogP contribution is -2.25. The second kappa shape index (κ2) is 8.10. The van der Waals surface area contributed by atoms with Crippen molar-refractivity contribution in [1.29, 1.82) is 0 Å². The first-order chi connectivity index (χ1) is 14.4. The molecule has 9 heteroatoms. The van der Waals surface area contributed by atoms with Crippen molar-refractivity contribution in [3.63, 3.8) is 0 Å². The van der Waals surface area contributed by atoms with Crippen molar-refractivity contribution in [3.05, 3.63) is 64.6 Å². The number of carbonyl (C=O) groups is 3. The quantitative estimate of drug-likeness (QED) is 0.536. The van der Waals surface area contributed by atoms with Gasteiger partial charge in [0.1, 0.15) is 22.6 Å². The Kier molecular flexibility index (Phi) is 5.70. The molecule has 0 aliphatic rings. The topological polar surface area (TPSA) is 136 Å². The number of benzene rings is 1. The van der Waals surface area contributed by atoms with Gasteiger partial charge in [-0.3, -0.25) is 9.20 Å². The molecule has 0 spiro atoms. The van der Waals surface area contributed by atoms with Gasteiger partial charge in [-0.25, -0.2) is 14.6 Å². The predicted octanol–water partition coefficient (Wildman–Crippen LogP) is 2.81. The van der Waals surface area contributed by atoms with E-state index in [0.29, 0.717) is 11.3 Å². The van der Waals surface area contributed by atoms with E-state index in [2.05, 4.69) is 10.3 Å². The van der Waals surface area contributed by atoms with E-state index in [1.54, 1.807) is 45.9 Å². The summed E-state index contributed by atoms with van der Waals surface area (Å²) >= 11 is 0. The molecule has 0 aliphatic heterocycles. The van der Waals surface area contributed by atoms with E-state index in [1.807, 2.05) is 0 Å². The molecule has 0 atom stereocenters.